The van der Waals surface area contributed by atoms with E-state index in [1.54, 1.807) is 6.07 Å². The van der Waals surface area contributed by atoms with Crippen LogP contribution in [0.2, 0.25) is 0 Å². The molecule has 0 spiro atoms. The molecule has 2 N–H and O–H groups in total. The standard InChI is InChI=1S/C16H24N6OS/c1-3-11(4-2)15-19-20-16(24-15)18-14(23)13-7-9-22(21-13)12-6-5-8-17-10-12/h7,9,11-12,17H,3-6,8,10H2,1-2H3,(H,18,20,23). The third-order valence-electron chi connectivity index (χ3n) is 4.48. The molecule has 1 aliphatic heterocycles. The van der Waals surface area contributed by atoms with Crippen LogP contribution >= 0.6 is 11.3 Å². The second-order valence-corrected chi connectivity index (χ2v) is 7.10. The monoisotopic (exact) mass is 348 g/mol. The number of carbonyl (C=O) groups is 1. The minimum atomic E-state index is -0.232. The zero-order chi connectivity index (χ0) is 16.9. The predicted molar refractivity (Wildman–Crippen MR) is 94.6 cm³/mol. The Kier molecular flexibility index (Phi) is 5.57. The lowest BCUT2D eigenvalue weighted by Gasteiger charge is -2.22. The van der Waals surface area contributed by atoms with Gasteiger partial charge in [-0.2, -0.15) is 5.10 Å². The molecule has 0 saturated carbocycles. The van der Waals surface area contributed by atoms with Crippen LogP contribution in [-0.4, -0.2) is 39.0 Å². The average Bonchev–Trinajstić information content (AvgIpc) is 3.27. The summed E-state index contributed by atoms with van der Waals surface area (Å²) in [6.45, 7) is 6.24. The van der Waals surface area contributed by atoms with Crippen molar-refractivity contribution in [2.24, 2.45) is 0 Å². The third-order valence-corrected chi connectivity index (χ3v) is 5.48. The Hall–Kier alpha value is -1.80. The highest BCUT2D eigenvalue weighted by Crippen LogP contribution is 2.28. The van der Waals surface area contributed by atoms with Crippen LogP contribution in [0.15, 0.2) is 12.3 Å². The Balaban J connectivity index is 1.64. The van der Waals surface area contributed by atoms with Crippen molar-refractivity contribution in [3.05, 3.63) is 23.0 Å². The summed E-state index contributed by atoms with van der Waals surface area (Å²) in [5.41, 5.74) is 0.417. The molecule has 1 fully saturated rings. The number of nitrogens with one attached hydrogen (secondary N) is 2. The molecule has 7 nitrogen and oxygen atoms in total. The van der Waals surface area contributed by atoms with Crippen molar-refractivity contribution >= 4 is 22.4 Å². The van der Waals surface area contributed by atoms with E-state index < -0.39 is 0 Å². The van der Waals surface area contributed by atoms with Gasteiger partial charge < -0.3 is 5.32 Å². The van der Waals surface area contributed by atoms with Crippen LogP contribution in [0.4, 0.5) is 5.13 Å². The number of hydrogen-bond donors (Lipinski definition) is 2. The number of aromatic nitrogens is 4. The van der Waals surface area contributed by atoms with Crippen molar-refractivity contribution in [2.45, 2.75) is 51.5 Å². The van der Waals surface area contributed by atoms with Crippen molar-refractivity contribution in [3.63, 3.8) is 0 Å². The lowest BCUT2D eigenvalue weighted by Crippen LogP contribution is -2.32. The SMILES string of the molecule is CCC(CC)c1nnc(NC(=O)c2ccn(C3CCCNC3)n2)s1. The topological polar surface area (TPSA) is 84.7 Å². The Morgan fingerprint density at radius 1 is 1.46 bits per heavy atom. The number of rotatable bonds is 6. The number of anilines is 1. The van der Waals surface area contributed by atoms with Crippen LogP contribution in [0, 0.1) is 0 Å². The van der Waals surface area contributed by atoms with Crippen molar-refractivity contribution in [2.75, 3.05) is 18.4 Å². The Labute approximate surface area is 145 Å². The molecule has 0 aliphatic carbocycles. The fourth-order valence-electron chi connectivity index (χ4n) is 2.97. The van der Waals surface area contributed by atoms with Gasteiger partial charge in [0, 0.05) is 18.7 Å². The van der Waals surface area contributed by atoms with E-state index in [1.165, 1.54) is 11.3 Å². The van der Waals surface area contributed by atoms with E-state index in [2.05, 4.69) is 39.8 Å². The van der Waals surface area contributed by atoms with Crippen LogP contribution in [0.3, 0.4) is 0 Å². The summed E-state index contributed by atoms with van der Waals surface area (Å²) in [5.74, 6) is 0.177. The first-order valence-electron chi connectivity index (χ1n) is 8.61. The molecule has 1 aliphatic rings. The molecular formula is C16H24N6OS. The van der Waals surface area contributed by atoms with E-state index in [4.69, 9.17) is 0 Å². The molecule has 3 heterocycles. The smallest absolute Gasteiger partial charge is 0.277 e. The second kappa shape index (κ2) is 7.85. The maximum Gasteiger partial charge on any atom is 0.277 e. The van der Waals surface area contributed by atoms with E-state index in [0.29, 0.717) is 22.8 Å². The molecule has 0 aromatic carbocycles. The number of nitrogens with zero attached hydrogens (tertiary/aromatic N) is 4. The van der Waals surface area contributed by atoms with Crippen LogP contribution in [0.25, 0.3) is 0 Å². The lowest BCUT2D eigenvalue weighted by molar-refractivity contribution is 0.102. The van der Waals surface area contributed by atoms with E-state index in [1.807, 2.05) is 10.9 Å². The highest BCUT2D eigenvalue weighted by atomic mass is 32.1. The normalized spacial score (nSPS) is 18.0. The summed E-state index contributed by atoms with van der Waals surface area (Å²) in [4.78, 5) is 12.4. The summed E-state index contributed by atoms with van der Waals surface area (Å²) in [7, 11) is 0. The van der Waals surface area contributed by atoms with Crippen LogP contribution in [0.1, 0.15) is 67.0 Å². The summed E-state index contributed by atoms with van der Waals surface area (Å²) < 4.78 is 1.89. The summed E-state index contributed by atoms with van der Waals surface area (Å²) in [5, 5.41) is 20.4. The molecule has 1 unspecified atom stereocenters. The molecule has 24 heavy (non-hydrogen) atoms. The van der Waals surface area contributed by atoms with Gasteiger partial charge in [-0.05, 0) is 38.3 Å². The minimum absolute atomic E-state index is 0.232. The van der Waals surface area contributed by atoms with E-state index in [-0.39, 0.29) is 5.91 Å². The Bertz CT molecular complexity index is 672. The first-order chi connectivity index (χ1) is 11.7. The van der Waals surface area contributed by atoms with Gasteiger partial charge >= 0.3 is 0 Å². The Morgan fingerprint density at radius 3 is 3.00 bits per heavy atom. The van der Waals surface area contributed by atoms with Gasteiger partial charge in [0.2, 0.25) is 5.13 Å². The van der Waals surface area contributed by atoms with Gasteiger partial charge in [0.15, 0.2) is 5.69 Å². The number of hydrogen-bond acceptors (Lipinski definition) is 6. The largest absolute Gasteiger partial charge is 0.315 e. The van der Waals surface area contributed by atoms with Crippen molar-refractivity contribution in [1.29, 1.82) is 0 Å². The lowest BCUT2D eigenvalue weighted by atomic mass is 10.1. The highest BCUT2D eigenvalue weighted by molar-refractivity contribution is 7.15. The van der Waals surface area contributed by atoms with Crippen molar-refractivity contribution in [3.8, 4) is 0 Å². The molecule has 2 aromatic heterocycles. The maximum atomic E-state index is 12.4. The van der Waals surface area contributed by atoms with Crippen molar-refractivity contribution in [1.82, 2.24) is 25.3 Å². The van der Waals surface area contributed by atoms with Crippen LogP contribution < -0.4 is 10.6 Å². The van der Waals surface area contributed by atoms with Gasteiger partial charge in [-0.3, -0.25) is 14.8 Å². The van der Waals surface area contributed by atoms with Gasteiger partial charge in [0.05, 0.1) is 6.04 Å². The molecule has 0 bridgehead atoms. The van der Waals surface area contributed by atoms with E-state index in [0.717, 1.165) is 43.8 Å². The summed E-state index contributed by atoms with van der Waals surface area (Å²) in [6.07, 6.45) is 6.15. The number of amides is 1. The van der Waals surface area contributed by atoms with Crippen molar-refractivity contribution < 1.29 is 4.79 Å². The first-order valence-corrected chi connectivity index (χ1v) is 9.43. The van der Waals surface area contributed by atoms with Gasteiger partial charge in [0.25, 0.3) is 5.91 Å². The van der Waals surface area contributed by atoms with Crippen LogP contribution in [0.5, 0.6) is 0 Å². The number of piperidine rings is 1. The predicted octanol–water partition coefficient (Wildman–Crippen LogP) is 2.82. The number of carbonyl (C=O) groups excluding carboxylic acids is 1. The second-order valence-electron chi connectivity index (χ2n) is 6.09. The first kappa shape index (κ1) is 17.0. The molecule has 8 heteroatoms. The van der Waals surface area contributed by atoms with Gasteiger partial charge in [-0.25, -0.2) is 0 Å². The zero-order valence-electron chi connectivity index (χ0n) is 14.2. The maximum absolute atomic E-state index is 12.4. The highest BCUT2D eigenvalue weighted by Gasteiger charge is 2.19. The quantitative estimate of drug-likeness (QED) is 0.838. The molecule has 0 radical (unpaired) electrons. The Morgan fingerprint density at radius 2 is 2.29 bits per heavy atom. The van der Waals surface area contributed by atoms with E-state index >= 15 is 0 Å². The molecule has 3 rings (SSSR count). The zero-order valence-corrected chi connectivity index (χ0v) is 15.0. The molecule has 130 valence electrons. The third kappa shape index (κ3) is 3.81. The molecular weight excluding hydrogens is 324 g/mol. The molecule has 1 atom stereocenters. The van der Waals surface area contributed by atoms with Gasteiger partial charge in [-0.1, -0.05) is 25.2 Å². The fourth-order valence-corrected chi connectivity index (χ4v) is 3.98. The van der Waals surface area contributed by atoms with Gasteiger partial charge in [0.1, 0.15) is 5.01 Å². The van der Waals surface area contributed by atoms with Crippen LogP contribution in [-0.2, 0) is 0 Å². The summed E-state index contributed by atoms with van der Waals surface area (Å²) >= 11 is 1.45. The molecule has 2 aromatic rings. The fraction of sp³-hybridized carbons (Fsp3) is 0.625. The summed E-state index contributed by atoms with van der Waals surface area (Å²) in [6, 6.07) is 2.08. The van der Waals surface area contributed by atoms with Gasteiger partial charge in [-0.15, -0.1) is 10.2 Å². The molecule has 1 saturated heterocycles. The molecule has 1 amide bonds. The minimum Gasteiger partial charge on any atom is -0.315 e. The average molecular weight is 348 g/mol. The van der Waals surface area contributed by atoms with E-state index in [9.17, 15) is 4.79 Å².